The first-order chi connectivity index (χ1) is 13.8. The van der Waals surface area contributed by atoms with E-state index in [-0.39, 0.29) is 12.5 Å². The van der Waals surface area contributed by atoms with Crippen LogP contribution in [-0.2, 0) is 0 Å². The highest BCUT2D eigenvalue weighted by Crippen LogP contribution is 2.30. The molecule has 3 rings (SSSR count). The third kappa shape index (κ3) is 4.83. The van der Waals surface area contributed by atoms with Gasteiger partial charge in [-0.2, -0.15) is 4.98 Å². The van der Waals surface area contributed by atoms with E-state index < -0.39 is 18.2 Å². The molecule has 0 radical (unpaired) electrons. The molecular weight excluding hydrogens is 370 g/mol. The molecule has 0 bridgehead atoms. The molecule has 158 valence electrons. The topological polar surface area (TPSA) is 134 Å². The van der Waals surface area contributed by atoms with Crippen LogP contribution in [0.1, 0.15) is 44.4 Å². The predicted molar refractivity (Wildman–Crippen MR) is 113 cm³/mol. The highest BCUT2D eigenvalue weighted by atomic mass is 16.3. The van der Waals surface area contributed by atoms with Crippen LogP contribution in [0.3, 0.4) is 0 Å². The lowest BCUT2D eigenvalue weighted by Crippen LogP contribution is -2.36. The molecule has 2 aliphatic rings. The molecule has 0 saturated heterocycles. The number of hydrogen-bond donors (Lipinski definition) is 6. The number of aromatic nitrogens is 2. The van der Waals surface area contributed by atoms with Crippen molar-refractivity contribution in [3.8, 4) is 0 Å². The van der Waals surface area contributed by atoms with E-state index in [4.69, 9.17) is 5.41 Å². The molecule has 8 nitrogen and oxygen atoms in total. The molecular formula is C21H31N5O3. The van der Waals surface area contributed by atoms with Crippen LogP contribution in [-0.4, -0.2) is 62.4 Å². The Morgan fingerprint density at radius 3 is 2.55 bits per heavy atom. The number of aliphatic hydroxyl groups excluding tert-OH is 3. The first-order valence-corrected chi connectivity index (χ1v) is 10.1. The highest BCUT2D eigenvalue weighted by molar-refractivity contribution is 6.01. The molecule has 2 aliphatic carbocycles. The number of nitrogens with zero attached hydrogens (tertiary/aromatic N) is 2. The van der Waals surface area contributed by atoms with Crippen molar-refractivity contribution in [2.24, 2.45) is 5.92 Å². The zero-order valence-corrected chi connectivity index (χ0v) is 17.2. The molecule has 29 heavy (non-hydrogen) atoms. The van der Waals surface area contributed by atoms with Crippen molar-refractivity contribution in [1.82, 2.24) is 9.97 Å². The lowest BCUT2D eigenvalue weighted by atomic mass is 10.1. The summed E-state index contributed by atoms with van der Waals surface area (Å²) in [5.41, 5.74) is 4.31. The quantitative estimate of drug-likeness (QED) is 0.366. The van der Waals surface area contributed by atoms with E-state index in [9.17, 15) is 15.3 Å². The van der Waals surface area contributed by atoms with Crippen LogP contribution in [0.5, 0.6) is 0 Å². The SMILES string of the molecule is CC(=N)c1c(C)nc(NCCC2=CC=C(C)C2)nc1NC1CC(CO)C(O)C1O. The number of anilines is 2. The van der Waals surface area contributed by atoms with Crippen molar-refractivity contribution in [1.29, 1.82) is 5.41 Å². The van der Waals surface area contributed by atoms with Crippen LogP contribution in [0, 0.1) is 18.3 Å². The summed E-state index contributed by atoms with van der Waals surface area (Å²) in [6.07, 6.45) is 4.62. The van der Waals surface area contributed by atoms with E-state index in [0.29, 0.717) is 41.7 Å². The summed E-state index contributed by atoms with van der Waals surface area (Å²) < 4.78 is 0. The second-order valence-electron chi connectivity index (χ2n) is 8.08. The molecule has 1 saturated carbocycles. The van der Waals surface area contributed by atoms with Crippen LogP contribution < -0.4 is 10.6 Å². The molecule has 8 heteroatoms. The van der Waals surface area contributed by atoms with Gasteiger partial charge in [-0.05, 0) is 40.0 Å². The minimum absolute atomic E-state index is 0.188. The number of aryl methyl sites for hydroxylation is 1. The van der Waals surface area contributed by atoms with Crippen LogP contribution in [0.25, 0.3) is 0 Å². The highest BCUT2D eigenvalue weighted by Gasteiger charge is 2.41. The lowest BCUT2D eigenvalue weighted by molar-refractivity contribution is 0.00445. The summed E-state index contributed by atoms with van der Waals surface area (Å²) in [4.78, 5) is 9.03. The third-order valence-corrected chi connectivity index (χ3v) is 5.66. The molecule has 1 fully saturated rings. The summed E-state index contributed by atoms with van der Waals surface area (Å²) in [7, 11) is 0. The van der Waals surface area contributed by atoms with Crippen LogP contribution in [0.2, 0.25) is 0 Å². The second kappa shape index (κ2) is 9.02. The first kappa shape index (κ1) is 21.4. The second-order valence-corrected chi connectivity index (χ2v) is 8.08. The number of aliphatic hydroxyl groups is 3. The maximum absolute atomic E-state index is 10.3. The van der Waals surface area contributed by atoms with Crippen molar-refractivity contribution in [2.45, 2.75) is 58.3 Å². The molecule has 1 aromatic heterocycles. The lowest BCUT2D eigenvalue weighted by Gasteiger charge is -2.21. The van der Waals surface area contributed by atoms with Crippen molar-refractivity contribution in [2.75, 3.05) is 23.8 Å². The molecule has 4 unspecified atom stereocenters. The normalized spacial score (nSPS) is 26.3. The Morgan fingerprint density at radius 1 is 1.21 bits per heavy atom. The van der Waals surface area contributed by atoms with Crippen LogP contribution >= 0.6 is 0 Å². The minimum atomic E-state index is -1.01. The number of allylic oxidation sites excluding steroid dienone is 3. The Bertz CT molecular complexity index is 836. The molecule has 0 aromatic carbocycles. The van der Waals surface area contributed by atoms with Gasteiger partial charge in [0, 0.05) is 24.8 Å². The van der Waals surface area contributed by atoms with Crippen molar-refractivity contribution in [3.63, 3.8) is 0 Å². The Hall–Kier alpha value is -2.29. The van der Waals surface area contributed by atoms with E-state index in [1.165, 1.54) is 11.1 Å². The maximum Gasteiger partial charge on any atom is 0.224 e. The summed E-state index contributed by atoms with van der Waals surface area (Å²) in [5, 5.41) is 44.3. The fourth-order valence-corrected chi connectivity index (χ4v) is 4.07. The van der Waals surface area contributed by atoms with Gasteiger partial charge in [-0.1, -0.05) is 23.3 Å². The summed E-state index contributed by atoms with van der Waals surface area (Å²) >= 11 is 0. The molecule has 0 aliphatic heterocycles. The maximum atomic E-state index is 10.3. The van der Waals surface area contributed by atoms with Gasteiger partial charge in [0.05, 0.1) is 23.4 Å². The molecule has 0 amide bonds. The Morgan fingerprint density at radius 2 is 1.97 bits per heavy atom. The number of rotatable bonds is 8. The van der Waals surface area contributed by atoms with Crippen molar-refractivity contribution < 1.29 is 15.3 Å². The van der Waals surface area contributed by atoms with E-state index >= 15 is 0 Å². The number of hydrogen-bond acceptors (Lipinski definition) is 8. The Labute approximate surface area is 171 Å². The van der Waals surface area contributed by atoms with Crippen LogP contribution in [0.4, 0.5) is 11.8 Å². The molecule has 6 N–H and O–H groups in total. The van der Waals surface area contributed by atoms with E-state index in [1.54, 1.807) is 6.92 Å². The summed E-state index contributed by atoms with van der Waals surface area (Å²) in [5.74, 6) is 0.536. The van der Waals surface area contributed by atoms with Crippen LogP contribution in [0.15, 0.2) is 23.3 Å². The smallest absolute Gasteiger partial charge is 0.224 e. The zero-order valence-electron chi connectivity index (χ0n) is 17.2. The first-order valence-electron chi connectivity index (χ1n) is 10.1. The van der Waals surface area contributed by atoms with Gasteiger partial charge in [-0.3, -0.25) is 0 Å². The van der Waals surface area contributed by atoms with E-state index in [2.05, 4.69) is 39.7 Å². The third-order valence-electron chi connectivity index (χ3n) is 5.66. The van der Waals surface area contributed by atoms with E-state index in [1.807, 2.05) is 6.92 Å². The van der Waals surface area contributed by atoms with E-state index in [0.717, 1.165) is 12.8 Å². The van der Waals surface area contributed by atoms with Gasteiger partial charge >= 0.3 is 0 Å². The van der Waals surface area contributed by atoms with Crippen molar-refractivity contribution >= 4 is 17.5 Å². The Balaban J connectivity index is 1.73. The fourth-order valence-electron chi connectivity index (χ4n) is 4.07. The predicted octanol–water partition coefficient (Wildman–Crippen LogP) is 1.77. The van der Waals surface area contributed by atoms with Crippen molar-refractivity contribution in [3.05, 3.63) is 34.6 Å². The minimum Gasteiger partial charge on any atom is -0.396 e. The molecule has 0 spiro atoms. The Kier molecular flexibility index (Phi) is 6.66. The average Bonchev–Trinajstić information content (AvgIpc) is 3.19. The van der Waals surface area contributed by atoms with Gasteiger partial charge < -0.3 is 31.4 Å². The summed E-state index contributed by atoms with van der Waals surface area (Å²) in [6.45, 7) is 6.13. The molecule has 1 aromatic rings. The van der Waals surface area contributed by atoms with Gasteiger partial charge in [0.1, 0.15) is 11.9 Å². The van der Waals surface area contributed by atoms with Gasteiger partial charge in [0.15, 0.2) is 0 Å². The number of nitrogens with one attached hydrogen (secondary N) is 3. The summed E-state index contributed by atoms with van der Waals surface area (Å²) in [6, 6.07) is -0.458. The van der Waals surface area contributed by atoms with Gasteiger partial charge in [-0.15, -0.1) is 0 Å². The monoisotopic (exact) mass is 401 g/mol. The standard InChI is InChI=1S/C21H31N5O3/c1-11-4-5-14(8-11)6-7-23-21-24-13(3)17(12(2)22)20(26-21)25-16-9-15(10-27)18(28)19(16)29/h4-5,15-16,18-19,22,27-29H,6-10H2,1-3H3,(H2,23,24,25,26). The average molecular weight is 402 g/mol. The zero-order chi connectivity index (χ0) is 21.1. The fraction of sp³-hybridized carbons (Fsp3) is 0.571. The van der Waals surface area contributed by atoms with Gasteiger partial charge in [0.2, 0.25) is 5.95 Å². The molecule has 1 heterocycles. The molecule has 4 atom stereocenters. The van der Waals surface area contributed by atoms with Gasteiger partial charge in [0.25, 0.3) is 0 Å². The van der Waals surface area contributed by atoms with Gasteiger partial charge in [-0.25, -0.2) is 4.98 Å². The largest absolute Gasteiger partial charge is 0.396 e.